The predicted octanol–water partition coefficient (Wildman–Crippen LogP) is 7.64. The van der Waals surface area contributed by atoms with Crippen LogP contribution in [0, 0.1) is 0 Å². The molecule has 0 spiro atoms. The van der Waals surface area contributed by atoms with E-state index in [2.05, 4.69) is 18.7 Å². The van der Waals surface area contributed by atoms with Crippen LogP contribution >= 0.6 is 0 Å². The first kappa shape index (κ1) is 35.1. The van der Waals surface area contributed by atoms with Crippen molar-refractivity contribution in [3.8, 4) is 5.75 Å². The monoisotopic (exact) mass is 547 g/mol. The second-order valence-electron chi connectivity index (χ2n) is 10.7. The van der Waals surface area contributed by atoms with Crippen molar-refractivity contribution in [2.24, 2.45) is 0 Å². The molecular weight excluding hydrogens is 490 g/mol. The quantitative estimate of drug-likeness (QED) is 0.0729. The van der Waals surface area contributed by atoms with E-state index in [-0.39, 0.29) is 18.5 Å². The van der Waals surface area contributed by atoms with E-state index in [9.17, 15) is 14.7 Å². The number of nitrogens with zero attached hydrogens (tertiary/aromatic N) is 1. The Morgan fingerprint density at radius 2 is 1.31 bits per heavy atom. The van der Waals surface area contributed by atoms with Crippen LogP contribution in [0.5, 0.6) is 5.75 Å². The number of benzene rings is 1. The minimum absolute atomic E-state index is 0.0442. The smallest absolute Gasteiger partial charge is 0.311 e. The van der Waals surface area contributed by atoms with Gasteiger partial charge in [0.25, 0.3) is 0 Å². The molecule has 0 unspecified atom stereocenters. The maximum atomic E-state index is 12.1. The highest BCUT2D eigenvalue weighted by molar-refractivity contribution is 5.72. The first-order chi connectivity index (χ1) is 19.1. The third-order valence-corrected chi connectivity index (χ3v) is 7.18. The number of aliphatic hydroxyl groups excluding tert-OH is 1. The van der Waals surface area contributed by atoms with Crippen LogP contribution in [-0.4, -0.2) is 54.8 Å². The summed E-state index contributed by atoms with van der Waals surface area (Å²) in [5.74, 6) is 0.453. The molecule has 0 aliphatic heterocycles. The zero-order chi connectivity index (χ0) is 28.4. The third-order valence-electron chi connectivity index (χ3n) is 7.18. The van der Waals surface area contributed by atoms with Crippen LogP contribution in [0.3, 0.4) is 0 Å². The lowest BCUT2D eigenvalue weighted by atomic mass is 10.1. The highest BCUT2D eigenvalue weighted by atomic mass is 16.5. The number of ether oxygens (including phenoxy) is 2. The molecule has 0 heterocycles. The van der Waals surface area contributed by atoms with Gasteiger partial charge in [-0.1, -0.05) is 90.2 Å². The van der Waals surface area contributed by atoms with Crippen LogP contribution in [0.1, 0.15) is 129 Å². The molecule has 224 valence electrons. The van der Waals surface area contributed by atoms with Crippen molar-refractivity contribution in [2.75, 3.05) is 32.8 Å². The van der Waals surface area contributed by atoms with Gasteiger partial charge in [-0.05, 0) is 69.3 Å². The zero-order valence-electron chi connectivity index (χ0n) is 25.1. The van der Waals surface area contributed by atoms with Gasteiger partial charge in [0.05, 0.1) is 13.2 Å². The molecule has 39 heavy (non-hydrogen) atoms. The highest BCUT2D eigenvalue weighted by Crippen LogP contribution is 2.16. The average molecular weight is 548 g/mol. The van der Waals surface area contributed by atoms with E-state index in [0.29, 0.717) is 25.2 Å². The van der Waals surface area contributed by atoms with Gasteiger partial charge in [-0.2, -0.15) is 0 Å². The van der Waals surface area contributed by atoms with Gasteiger partial charge >= 0.3 is 11.9 Å². The Morgan fingerprint density at radius 3 is 1.95 bits per heavy atom. The summed E-state index contributed by atoms with van der Waals surface area (Å²) in [4.78, 5) is 26.2. The molecule has 0 aliphatic carbocycles. The third kappa shape index (κ3) is 20.6. The molecule has 0 radical (unpaired) electrons. The van der Waals surface area contributed by atoms with Gasteiger partial charge in [-0.25, -0.2) is 0 Å². The minimum Gasteiger partial charge on any atom is -0.466 e. The van der Waals surface area contributed by atoms with Crippen LogP contribution in [0.4, 0.5) is 0 Å². The number of unbranched alkanes of at least 4 members (excludes halogenated alkanes) is 12. The van der Waals surface area contributed by atoms with E-state index in [0.717, 1.165) is 103 Å². The van der Waals surface area contributed by atoms with Crippen molar-refractivity contribution < 1.29 is 24.2 Å². The molecule has 0 aliphatic rings. The van der Waals surface area contributed by atoms with Crippen LogP contribution in [0.2, 0.25) is 0 Å². The number of aryl methyl sites for hydroxylation is 1. The molecule has 1 N–H and O–H groups in total. The zero-order valence-corrected chi connectivity index (χ0v) is 25.1. The molecule has 1 aromatic carbocycles. The Balaban J connectivity index is 1.98. The van der Waals surface area contributed by atoms with Gasteiger partial charge in [-0.3, -0.25) is 9.59 Å². The number of hydrogen-bond donors (Lipinski definition) is 1. The molecular formula is C33H57NO5. The molecule has 0 amide bonds. The summed E-state index contributed by atoms with van der Waals surface area (Å²) in [7, 11) is 0. The van der Waals surface area contributed by atoms with E-state index in [1.807, 2.05) is 24.3 Å². The number of carbonyl (C=O) groups is 2. The highest BCUT2D eigenvalue weighted by Gasteiger charge is 2.07. The second kappa shape index (κ2) is 25.1. The second-order valence-corrected chi connectivity index (χ2v) is 10.7. The predicted molar refractivity (Wildman–Crippen MR) is 160 cm³/mol. The van der Waals surface area contributed by atoms with Crippen LogP contribution in [0.25, 0.3) is 0 Å². The van der Waals surface area contributed by atoms with Crippen molar-refractivity contribution in [3.05, 3.63) is 29.8 Å². The molecule has 1 aromatic rings. The first-order valence-corrected chi connectivity index (χ1v) is 15.9. The summed E-state index contributed by atoms with van der Waals surface area (Å²) in [6, 6.07) is 7.75. The van der Waals surface area contributed by atoms with Gasteiger partial charge in [0, 0.05) is 19.4 Å². The molecule has 0 saturated carbocycles. The van der Waals surface area contributed by atoms with Gasteiger partial charge in [-0.15, -0.1) is 0 Å². The van der Waals surface area contributed by atoms with Crippen LogP contribution in [-0.2, 0) is 20.7 Å². The Labute approximate surface area is 238 Å². The number of esters is 2. The lowest BCUT2D eigenvalue weighted by molar-refractivity contribution is -0.144. The lowest BCUT2D eigenvalue weighted by Crippen LogP contribution is -2.29. The maximum Gasteiger partial charge on any atom is 0.311 e. The summed E-state index contributed by atoms with van der Waals surface area (Å²) in [6.45, 7) is 7.83. The van der Waals surface area contributed by atoms with E-state index in [4.69, 9.17) is 9.47 Å². The van der Waals surface area contributed by atoms with Crippen LogP contribution in [0.15, 0.2) is 24.3 Å². The lowest BCUT2D eigenvalue weighted by Gasteiger charge is -2.21. The van der Waals surface area contributed by atoms with Crippen molar-refractivity contribution in [1.82, 2.24) is 4.90 Å². The summed E-state index contributed by atoms with van der Waals surface area (Å²) < 4.78 is 10.8. The van der Waals surface area contributed by atoms with Crippen molar-refractivity contribution in [3.63, 3.8) is 0 Å². The first-order valence-electron chi connectivity index (χ1n) is 15.9. The van der Waals surface area contributed by atoms with Crippen molar-refractivity contribution in [1.29, 1.82) is 0 Å². The summed E-state index contributed by atoms with van der Waals surface area (Å²) >= 11 is 0. The fourth-order valence-electron chi connectivity index (χ4n) is 4.72. The molecule has 0 fully saturated rings. The topological polar surface area (TPSA) is 76.1 Å². The molecule has 0 bridgehead atoms. The minimum atomic E-state index is -0.148. The summed E-state index contributed by atoms with van der Waals surface area (Å²) in [5.41, 5.74) is 1.17. The van der Waals surface area contributed by atoms with E-state index < -0.39 is 0 Å². The number of carbonyl (C=O) groups excluding carboxylic acids is 2. The van der Waals surface area contributed by atoms with E-state index >= 15 is 0 Å². The van der Waals surface area contributed by atoms with Gasteiger partial charge < -0.3 is 19.5 Å². The average Bonchev–Trinajstić information content (AvgIpc) is 2.93. The fourth-order valence-corrected chi connectivity index (χ4v) is 4.72. The Hall–Kier alpha value is -1.92. The van der Waals surface area contributed by atoms with E-state index in [1.54, 1.807) is 0 Å². The molecule has 6 nitrogen and oxygen atoms in total. The normalized spacial score (nSPS) is 11.2. The van der Waals surface area contributed by atoms with E-state index in [1.165, 1.54) is 24.8 Å². The Morgan fingerprint density at radius 1 is 0.718 bits per heavy atom. The Bertz CT molecular complexity index is 739. The van der Waals surface area contributed by atoms with Gasteiger partial charge in [0.15, 0.2) is 0 Å². The molecule has 1 rings (SSSR count). The van der Waals surface area contributed by atoms with Crippen LogP contribution < -0.4 is 4.74 Å². The molecule has 0 aromatic heterocycles. The van der Waals surface area contributed by atoms with Gasteiger partial charge in [0.1, 0.15) is 5.75 Å². The summed E-state index contributed by atoms with van der Waals surface area (Å²) in [6.07, 6.45) is 18.5. The largest absolute Gasteiger partial charge is 0.466 e. The van der Waals surface area contributed by atoms with Crippen molar-refractivity contribution >= 4 is 11.9 Å². The number of hydrogen-bond acceptors (Lipinski definition) is 6. The van der Waals surface area contributed by atoms with Crippen molar-refractivity contribution in [2.45, 2.75) is 129 Å². The molecule has 6 heteroatoms. The fraction of sp³-hybridized carbons (Fsp3) is 0.758. The van der Waals surface area contributed by atoms with Gasteiger partial charge in [0.2, 0.25) is 0 Å². The molecule has 0 saturated heterocycles. The Kier molecular flexibility index (Phi) is 22.6. The SMILES string of the molecule is CCCCCCCOC(=O)CCCCCCCN(CCO)CCCCCCCC(=O)Oc1cccc(CC)c1. The summed E-state index contributed by atoms with van der Waals surface area (Å²) in [5, 5.41) is 9.41. The standard InChI is InChI=1S/C33H57NO5/c1-3-5-6-13-18-28-38-32(36)22-14-9-7-11-16-24-34(26-27-35)25-17-12-8-10-15-23-33(37)39-31-21-19-20-30(4-2)29-31/h19-21,29,35H,3-18,22-28H2,1-2H3. The maximum absolute atomic E-state index is 12.1. The number of rotatable bonds is 26. The number of aliphatic hydroxyl groups is 1. The molecule has 0 atom stereocenters.